The predicted octanol–water partition coefficient (Wildman–Crippen LogP) is 2.94. The van der Waals surface area contributed by atoms with Gasteiger partial charge in [-0.3, -0.25) is 19.4 Å². The van der Waals surface area contributed by atoms with Crippen molar-refractivity contribution in [2.75, 3.05) is 45.8 Å². The number of hydroxylamine groups is 2. The van der Waals surface area contributed by atoms with Crippen LogP contribution in [0.15, 0.2) is 42.5 Å². The molecule has 1 aromatic heterocycles. The number of pyridine rings is 1. The number of fused-ring (bicyclic) bond motifs is 1. The first kappa shape index (κ1) is 28.1. The Kier molecular flexibility index (Phi) is 9.80. The molecular formula is C29H44N6O3. The summed E-state index contributed by atoms with van der Waals surface area (Å²) in [5.74, 6) is 1.67. The number of amides is 2. The van der Waals surface area contributed by atoms with E-state index >= 15 is 0 Å². The highest BCUT2D eigenvalue weighted by Gasteiger charge is 2.40. The van der Waals surface area contributed by atoms with Gasteiger partial charge in [0.1, 0.15) is 6.10 Å². The van der Waals surface area contributed by atoms with Crippen LogP contribution in [-0.2, 0) is 14.4 Å². The lowest BCUT2D eigenvalue weighted by molar-refractivity contribution is -0.227. The summed E-state index contributed by atoms with van der Waals surface area (Å²) < 4.78 is 0. The number of nitrogens with zero attached hydrogens (tertiary/aromatic N) is 5. The van der Waals surface area contributed by atoms with E-state index in [0.717, 1.165) is 63.6 Å². The molecule has 2 saturated heterocycles. The van der Waals surface area contributed by atoms with Crippen LogP contribution in [0.25, 0.3) is 6.08 Å². The van der Waals surface area contributed by atoms with Crippen molar-refractivity contribution >= 4 is 17.9 Å². The number of hydrogen-bond acceptors (Lipinski definition) is 7. The SMILES string of the molecule is CC(C)C[C@@H]1CN2C(=CN(CCC(=O)N3CCNCC3)C[C@@H]2CC(C)C)N(C(=O)/C=C/c2ccccn2)O1. The molecule has 4 rings (SSSR count). The summed E-state index contributed by atoms with van der Waals surface area (Å²) in [4.78, 5) is 43.5. The number of rotatable bonds is 9. The molecule has 38 heavy (non-hydrogen) atoms. The molecule has 0 aromatic carbocycles. The molecule has 4 heterocycles. The average Bonchev–Trinajstić information content (AvgIpc) is 2.90. The number of carbonyl (C=O) groups excluding carboxylic acids is 2. The van der Waals surface area contributed by atoms with Crippen molar-refractivity contribution in [1.82, 2.24) is 30.1 Å². The zero-order valence-electron chi connectivity index (χ0n) is 23.4. The molecule has 0 saturated carbocycles. The van der Waals surface area contributed by atoms with Crippen LogP contribution in [0.3, 0.4) is 0 Å². The van der Waals surface area contributed by atoms with Gasteiger partial charge >= 0.3 is 0 Å². The van der Waals surface area contributed by atoms with E-state index in [1.807, 2.05) is 29.3 Å². The molecule has 208 valence electrons. The number of carbonyl (C=O) groups is 2. The zero-order valence-corrected chi connectivity index (χ0v) is 23.4. The Bertz CT molecular complexity index is 989. The minimum absolute atomic E-state index is 0.0742. The Labute approximate surface area is 227 Å². The van der Waals surface area contributed by atoms with Crippen molar-refractivity contribution in [1.29, 1.82) is 0 Å². The number of hydrogen-bond donors (Lipinski definition) is 1. The number of piperazine rings is 1. The van der Waals surface area contributed by atoms with Gasteiger partial charge in [-0.2, -0.15) is 5.06 Å². The summed E-state index contributed by atoms with van der Waals surface area (Å²) in [6, 6.07) is 5.85. The van der Waals surface area contributed by atoms with Crippen LogP contribution in [-0.4, -0.2) is 94.5 Å². The third-order valence-electron chi connectivity index (χ3n) is 7.19. The standard InChI is InChI=1S/C29H44N6O3/c1-22(2)17-25-19-32(14-10-28(36)33-15-12-30-13-16-33)21-27-34(25)20-26(18-23(3)4)38-35(27)29(37)9-8-24-7-5-6-11-31-24/h5-9,11,21-23,25-26,30H,10,12-20H2,1-4H3/b9-8+/t25-,26+/m0/s1. The molecule has 2 amide bonds. The largest absolute Gasteiger partial charge is 0.372 e. The van der Waals surface area contributed by atoms with Gasteiger partial charge in [-0.1, -0.05) is 33.8 Å². The van der Waals surface area contributed by atoms with Crippen LogP contribution >= 0.6 is 0 Å². The molecule has 1 N–H and O–H groups in total. The molecule has 2 fully saturated rings. The summed E-state index contributed by atoms with van der Waals surface area (Å²) in [6.45, 7) is 14.3. The summed E-state index contributed by atoms with van der Waals surface area (Å²) >= 11 is 0. The van der Waals surface area contributed by atoms with Crippen molar-refractivity contribution in [3.8, 4) is 0 Å². The van der Waals surface area contributed by atoms with Crippen LogP contribution in [0.2, 0.25) is 0 Å². The lowest BCUT2D eigenvalue weighted by Gasteiger charge is -2.50. The highest BCUT2D eigenvalue weighted by molar-refractivity contribution is 5.92. The Morgan fingerprint density at radius 2 is 1.87 bits per heavy atom. The molecule has 0 radical (unpaired) electrons. The molecule has 0 bridgehead atoms. The van der Waals surface area contributed by atoms with Crippen LogP contribution < -0.4 is 5.32 Å². The van der Waals surface area contributed by atoms with Gasteiger partial charge in [0.15, 0.2) is 5.82 Å². The first-order chi connectivity index (χ1) is 18.3. The van der Waals surface area contributed by atoms with Gasteiger partial charge in [-0.15, -0.1) is 0 Å². The maximum atomic E-state index is 13.5. The molecule has 0 spiro atoms. The van der Waals surface area contributed by atoms with Crippen molar-refractivity contribution in [3.05, 3.63) is 48.2 Å². The van der Waals surface area contributed by atoms with E-state index in [-0.39, 0.29) is 24.0 Å². The smallest absolute Gasteiger partial charge is 0.276 e. The quantitative estimate of drug-likeness (QED) is 0.498. The van der Waals surface area contributed by atoms with Crippen LogP contribution in [0.5, 0.6) is 0 Å². The van der Waals surface area contributed by atoms with Crippen LogP contribution in [0, 0.1) is 11.8 Å². The normalized spacial score (nSPS) is 22.3. The van der Waals surface area contributed by atoms with E-state index in [1.54, 1.807) is 12.3 Å². The van der Waals surface area contributed by atoms with E-state index in [4.69, 9.17) is 4.84 Å². The Morgan fingerprint density at radius 3 is 2.55 bits per heavy atom. The lowest BCUT2D eigenvalue weighted by Crippen LogP contribution is -2.59. The van der Waals surface area contributed by atoms with E-state index in [1.165, 1.54) is 11.1 Å². The zero-order chi connectivity index (χ0) is 27.1. The summed E-state index contributed by atoms with van der Waals surface area (Å²) in [5, 5.41) is 4.77. The first-order valence-electron chi connectivity index (χ1n) is 14.1. The van der Waals surface area contributed by atoms with Gasteiger partial charge in [-0.05, 0) is 42.9 Å². The van der Waals surface area contributed by atoms with Gasteiger partial charge in [0.2, 0.25) is 5.91 Å². The van der Waals surface area contributed by atoms with Gasteiger partial charge in [-0.25, -0.2) is 0 Å². The fourth-order valence-electron chi connectivity index (χ4n) is 5.43. The molecule has 2 atom stereocenters. The maximum absolute atomic E-state index is 13.5. The summed E-state index contributed by atoms with van der Waals surface area (Å²) in [6.07, 6.45) is 9.23. The second-order valence-electron chi connectivity index (χ2n) is 11.4. The predicted molar refractivity (Wildman–Crippen MR) is 148 cm³/mol. The minimum Gasteiger partial charge on any atom is -0.372 e. The monoisotopic (exact) mass is 524 g/mol. The molecule has 9 heteroatoms. The van der Waals surface area contributed by atoms with Crippen molar-refractivity contribution in [2.45, 2.75) is 59.1 Å². The Balaban J connectivity index is 1.56. The summed E-state index contributed by atoms with van der Waals surface area (Å²) in [5.41, 5.74) is 0.719. The highest BCUT2D eigenvalue weighted by Crippen LogP contribution is 2.32. The van der Waals surface area contributed by atoms with Gasteiger partial charge in [0, 0.05) is 76.7 Å². The van der Waals surface area contributed by atoms with Gasteiger partial charge in [0.25, 0.3) is 5.91 Å². The van der Waals surface area contributed by atoms with E-state index in [9.17, 15) is 9.59 Å². The first-order valence-corrected chi connectivity index (χ1v) is 14.1. The Morgan fingerprint density at radius 1 is 1.11 bits per heavy atom. The second kappa shape index (κ2) is 13.2. The van der Waals surface area contributed by atoms with Crippen LogP contribution in [0.4, 0.5) is 0 Å². The fourth-order valence-corrected chi connectivity index (χ4v) is 5.43. The minimum atomic E-state index is -0.234. The maximum Gasteiger partial charge on any atom is 0.276 e. The Hall–Kier alpha value is -2.91. The van der Waals surface area contributed by atoms with Crippen molar-refractivity contribution < 1.29 is 14.4 Å². The second-order valence-corrected chi connectivity index (χ2v) is 11.4. The molecule has 3 aliphatic rings. The van der Waals surface area contributed by atoms with Crippen molar-refractivity contribution in [2.24, 2.45) is 11.8 Å². The molecular weight excluding hydrogens is 480 g/mol. The average molecular weight is 525 g/mol. The number of nitrogens with one attached hydrogen (secondary N) is 1. The van der Waals surface area contributed by atoms with Crippen LogP contribution in [0.1, 0.15) is 52.7 Å². The van der Waals surface area contributed by atoms with E-state index in [0.29, 0.717) is 24.8 Å². The van der Waals surface area contributed by atoms with E-state index in [2.05, 4.69) is 47.8 Å². The topological polar surface area (TPSA) is 81.3 Å². The molecule has 3 aliphatic heterocycles. The van der Waals surface area contributed by atoms with Crippen molar-refractivity contribution in [3.63, 3.8) is 0 Å². The molecule has 1 aromatic rings. The molecule has 0 aliphatic carbocycles. The van der Waals surface area contributed by atoms with Gasteiger partial charge in [0.05, 0.1) is 5.69 Å². The summed E-state index contributed by atoms with van der Waals surface area (Å²) in [7, 11) is 0. The third-order valence-corrected chi connectivity index (χ3v) is 7.19. The molecule has 0 unspecified atom stereocenters. The highest BCUT2D eigenvalue weighted by atomic mass is 16.7. The number of aromatic nitrogens is 1. The lowest BCUT2D eigenvalue weighted by atomic mass is 9.98. The molecule has 9 nitrogen and oxygen atoms in total. The van der Waals surface area contributed by atoms with Gasteiger partial charge < -0.3 is 20.0 Å². The van der Waals surface area contributed by atoms with E-state index < -0.39 is 0 Å². The third kappa shape index (κ3) is 7.57. The fraction of sp³-hybridized carbons (Fsp3) is 0.621.